The van der Waals surface area contributed by atoms with E-state index in [-0.39, 0.29) is 95.1 Å². The Hall–Kier alpha value is 1.72. The van der Waals surface area contributed by atoms with Crippen molar-refractivity contribution in [2.45, 2.75) is 12.5 Å². The zero-order valence-electron chi connectivity index (χ0n) is 9.19. The Balaban J connectivity index is -0.0000000442. The molecule has 0 spiro atoms. The molecular weight excluding hydrogens is 398 g/mol. The molecule has 1 unspecified atom stereocenters. The van der Waals surface area contributed by atoms with Crippen molar-refractivity contribution in [2.75, 3.05) is 6.54 Å². The van der Waals surface area contributed by atoms with Gasteiger partial charge in [-0.25, -0.2) is 0 Å². The van der Waals surface area contributed by atoms with Crippen LogP contribution in [0.3, 0.4) is 0 Å². The number of ketones is 1. The molecule has 0 saturated heterocycles. The summed E-state index contributed by atoms with van der Waals surface area (Å²) in [7, 11) is -4.67. The van der Waals surface area contributed by atoms with Gasteiger partial charge in [-0.15, -0.1) is 0 Å². The zero-order valence-corrected chi connectivity index (χ0v) is 11.9. The Morgan fingerprint density at radius 3 is 1.52 bits per heavy atom. The van der Waals surface area contributed by atoms with Gasteiger partial charge < -0.3 is 25.7 Å². The van der Waals surface area contributed by atoms with E-state index >= 15 is 0 Å². The third-order valence-electron chi connectivity index (χ3n) is 0.993. The Morgan fingerprint density at radius 2 is 1.38 bits per heavy atom. The quantitative estimate of drug-likeness (QED) is 0.106. The summed E-state index contributed by atoms with van der Waals surface area (Å²) in [4.78, 5) is 20.5. The Morgan fingerprint density at radius 1 is 1.14 bits per heavy atom. The summed E-state index contributed by atoms with van der Waals surface area (Å²) in [5, 5.41) is 8.11. The topological polar surface area (TPSA) is 221 Å². The first kappa shape index (κ1) is 38.3. The van der Waals surface area contributed by atoms with Gasteiger partial charge in [-0.05, 0) is 0 Å². The van der Waals surface area contributed by atoms with E-state index < -0.39 is 34.6 Å². The van der Waals surface area contributed by atoms with Crippen molar-refractivity contribution in [3.63, 3.8) is 0 Å². The molecule has 0 heterocycles. The van der Waals surface area contributed by atoms with Crippen molar-refractivity contribution in [2.24, 2.45) is 11.5 Å². The predicted octanol–water partition coefficient (Wildman–Crippen LogP) is -2.97. The molecule has 0 aromatic rings. The van der Waals surface area contributed by atoms with Crippen LogP contribution in [0.2, 0.25) is 0 Å². The summed E-state index contributed by atoms with van der Waals surface area (Å²) >= 11 is -0.250. The van der Waals surface area contributed by atoms with Gasteiger partial charge in [0.1, 0.15) is 6.42 Å². The Labute approximate surface area is 180 Å². The van der Waals surface area contributed by atoms with Gasteiger partial charge in [0, 0.05) is 23.6 Å². The minimum atomic E-state index is -4.67. The molecule has 0 fully saturated rings. The van der Waals surface area contributed by atoms with Crippen LogP contribution in [-0.2, 0) is 37.1 Å². The Kier molecular flexibility index (Phi) is 43.8. The first-order valence-electron chi connectivity index (χ1n) is 3.84. The SMILES string of the molecule is NCC(N)C(=O)CC(=O)O.O=S(=O)(O)O.OSO.[Fe].[NaH].[NaH]. The van der Waals surface area contributed by atoms with Gasteiger partial charge in [0.05, 0.1) is 6.04 Å². The van der Waals surface area contributed by atoms with Gasteiger partial charge in [-0.3, -0.25) is 18.7 Å². The van der Waals surface area contributed by atoms with Crippen LogP contribution in [0.5, 0.6) is 0 Å². The van der Waals surface area contributed by atoms with E-state index in [1.807, 2.05) is 0 Å². The molecule has 11 nitrogen and oxygen atoms in total. The van der Waals surface area contributed by atoms with Crippen molar-refractivity contribution in [1.29, 1.82) is 0 Å². The average Bonchev–Trinajstić information content (AvgIpc) is 2.14. The van der Waals surface area contributed by atoms with Crippen LogP contribution in [0.15, 0.2) is 0 Å². The minimum absolute atomic E-state index is 0. The molecule has 0 aromatic heterocycles. The van der Waals surface area contributed by atoms with Crippen LogP contribution in [0.25, 0.3) is 0 Å². The van der Waals surface area contributed by atoms with Crippen LogP contribution in [0, 0.1) is 0 Å². The van der Waals surface area contributed by atoms with Crippen LogP contribution < -0.4 is 11.5 Å². The van der Waals surface area contributed by atoms with Crippen molar-refractivity contribution in [1.82, 2.24) is 0 Å². The van der Waals surface area contributed by atoms with Gasteiger partial charge >= 0.3 is 75.5 Å². The maximum absolute atomic E-state index is 10.6. The molecule has 122 valence electrons. The van der Waals surface area contributed by atoms with Crippen molar-refractivity contribution >= 4 is 93.6 Å². The van der Waals surface area contributed by atoms with E-state index in [9.17, 15) is 9.59 Å². The summed E-state index contributed by atoms with van der Waals surface area (Å²) in [5.74, 6) is -1.70. The number of hydrogen-bond donors (Lipinski definition) is 7. The second-order valence-electron chi connectivity index (χ2n) is 2.41. The van der Waals surface area contributed by atoms with E-state index in [4.69, 9.17) is 43.2 Å². The normalized spacial score (nSPS) is 9.62. The molecule has 1 atom stereocenters. The average molecular weight is 414 g/mol. The molecule has 0 bridgehead atoms. The molecule has 0 saturated carbocycles. The summed E-state index contributed by atoms with van der Waals surface area (Å²) in [5.41, 5.74) is 10.1. The summed E-state index contributed by atoms with van der Waals surface area (Å²) in [6.45, 7) is -0.00782. The van der Waals surface area contributed by atoms with Gasteiger partial charge in [0.25, 0.3) is 0 Å². The van der Waals surface area contributed by atoms with E-state index in [1.165, 1.54) is 0 Å². The van der Waals surface area contributed by atoms with Crippen molar-refractivity contribution in [3.8, 4) is 0 Å². The number of carbonyl (C=O) groups excluding carboxylic acids is 1. The predicted molar refractivity (Wildman–Crippen MR) is 75.6 cm³/mol. The summed E-state index contributed by atoms with van der Waals surface area (Å²) < 4.78 is 45.7. The first-order chi connectivity index (χ1) is 7.99. The molecule has 16 heteroatoms. The standard InChI is InChI=1S/C5H10N2O3.Fe.2Na.H2O4S.H2O2S.2H/c6-2-3(7)4(8)1-5(9)10;;;;1-5(2,3)4;1-3-2;;/h3H,1-2,6-7H2,(H,9,10);;;;(H2,1,2,3,4);1-2H;;. The van der Waals surface area contributed by atoms with Crippen LogP contribution >= 0.6 is 12.3 Å². The second kappa shape index (κ2) is 24.0. The third kappa shape index (κ3) is 61.5. The molecule has 9 N–H and O–H groups in total. The van der Waals surface area contributed by atoms with Gasteiger partial charge in [-0.1, -0.05) is 0 Å². The molecule has 0 amide bonds. The Bertz CT molecular complexity index is 337. The zero-order chi connectivity index (χ0) is 15.4. The van der Waals surface area contributed by atoms with E-state index in [2.05, 4.69) is 0 Å². The van der Waals surface area contributed by atoms with Crippen LogP contribution in [0.1, 0.15) is 6.42 Å². The first-order valence-corrected chi connectivity index (χ1v) is 5.97. The van der Waals surface area contributed by atoms with Gasteiger partial charge in [-0.2, -0.15) is 8.42 Å². The molecule has 0 aliphatic carbocycles. The molecular formula is C5H16FeN2Na2O9S2. The van der Waals surface area contributed by atoms with Crippen molar-refractivity contribution in [3.05, 3.63) is 0 Å². The molecule has 0 aliphatic rings. The van der Waals surface area contributed by atoms with E-state index in [1.54, 1.807) is 0 Å². The van der Waals surface area contributed by atoms with E-state index in [0.717, 1.165) is 0 Å². The summed E-state index contributed by atoms with van der Waals surface area (Å²) in [6, 6.07) is -0.837. The molecule has 0 radical (unpaired) electrons. The number of nitrogens with two attached hydrogens (primary N) is 2. The number of hydrogen-bond acceptors (Lipinski definition) is 9. The van der Waals surface area contributed by atoms with Crippen LogP contribution in [0.4, 0.5) is 0 Å². The second-order valence-corrected chi connectivity index (χ2v) is 3.47. The fourth-order valence-corrected chi connectivity index (χ4v) is 0.412. The third-order valence-corrected chi connectivity index (χ3v) is 0.993. The fraction of sp³-hybridized carbons (Fsp3) is 0.600. The molecule has 21 heavy (non-hydrogen) atoms. The number of carbonyl (C=O) groups is 2. The molecule has 0 aromatic carbocycles. The number of Topliss-reactive ketones (excluding diaryl/α,β-unsaturated/α-hetero) is 1. The number of carboxylic acids is 1. The number of rotatable bonds is 4. The molecule has 0 aliphatic heterocycles. The van der Waals surface area contributed by atoms with Gasteiger partial charge in [0.15, 0.2) is 18.1 Å². The number of aliphatic carboxylic acids is 1. The van der Waals surface area contributed by atoms with Crippen LogP contribution in [-0.4, -0.2) is 115 Å². The maximum atomic E-state index is 10.6. The van der Waals surface area contributed by atoms with E-state index in [0.29, 0.717) is 0 Å². The number of carboxylic acid groups (broad SMARTS) is 1. The molecule has 0 rings (SSSR count). The fourth-order valence-electron chi connectivity index (χ4n) is 0.412. The summed E-state index contributed by atoms with van der Waals surface area (Å²) in [6.07, 6.45) is -0.543. The monoisotopic (exact) mass is 414 g/mol. The van der Waals surface area contributed by atoms with Gasteiger partial charge in [0.2, 0.25) is 0 Å². The van der Waals surface area contributed by atoms with Crippen molar-refractivity contribution < 1.29 is 58.4 Å².